The third kappa shape index (κ3) is 2.23. The molecule has 5 heteroatoms. The molecule has 1 N–H and O–H groups in total. The minimum absolute atomic E-state index is 0.0345. The first-order valence-corrected chi connectivity index (χ1v) is 7.39. The number of fused-ring (bicyclic) bond motifs is 1. The summed E-state index contributed by atoms with van der Waals surface area (Å²) in [5.74, 6) is -0.285. The Bertz CT molecular complexity index is 656. The molecule has 1 atom stereocenters. The fourth-order valence-corrected chi connectivity index (χ4v) is 3.21. The largest absolute Gasteiger partial charge is 0.325 e. The highest BCUT2D eigenvalue weighted by molar-refractivity contribution is 6.30. The second-order valence-corrected chi connectivity index (χ2v) is 6.34. The van der Waals surface area contributed by atoms with Crippen molar-refractivity contribution in [1.29, 1.82) is 0 Å². The Morgan fingerprint density at radius 1 is 1.38 bits per heavy atom. The molecule has 1 heterocycles. The molecule has 0 radical (unpaired) electrons. The van der Waals surface area contributed by atoms with Crippen LogP contribution in [0.1, 0.15) is 30.0 Å². The van der Waals surface area contributed by atoms with Gasteiger partial charge >= 0.3 is 6.03 Å². The maximum Gasteiger partial charge on any atom is 0.325 e. The molecule has 0 bridgehead atoms. The first kappa shape index (κ1) is 14.1. The van der Waals surface area contributed by atoms with Crippen molar-refractivity contribution in [3.63, 3.8) is 0 Å². The lowest BCUT2D eigenvalue weighted by Gasteiger charge is -2.23. The van der Waals surface area contributed by atoms with Crippen LogP contribution in [-0.2, 0) is 23.2 Å². The van der Waals surface area contributed by atoms with E-state index in [1.54, 1.807) is 6.92 Å². The van der Waals surface area contributed by atoms with E-state index in [1.807, 2.05) is 12.1 Å². The average molecular weight is 305 g/mol. The van der Waals surface area contributed by atoms with Gasteiger partial charge in [-0.2, -0.15) is 0 Å². The Morgan fingerprint density at radius 3 is 2.81 bits per heavy atom. The van der Waals surface area contributed by atoms with Crippen LogP contribution in [-0.4, -0.2) is 23.4 Å². The van der Waals surface area contributed by atoms with Crippen molar-refractivity contribution in [2.75, 3.05) is 6.54 Å². The minimum atomic E-state index is -1.03. The molecule has 1 aromatic rings. The molecule has 110 valence electrons. The molecule has 1 fully saturated rings. The topological polar surface area (TPSA) is 49.4 Å². The summed E-state index contributed by atoms with van der Waals surface area (Å²) in [7, 11) is 0. The summed E-state index contributed by atoms with van der Waals surface area (Å²) in [6.45, 7) is 5.32. The number of benzene rings is 1. The van der Waals surface area contributed by atoms with E-state index in [0.29, 0.717) is 0 Å². The normalized spacial score (nSPS) is 24.2. The number of nitrogens with one attached hydrogen (secondary N) is 1. The number of imide groups is 1. The van der Waals surface area contributed by atoms with Gasteiger partial charge in [-0.15, -0.1) is 0 Å². The highest BCUT2D eigenvalue weighted by atomic mass is 35.5. The maximum atomic E-state index is 12.6. The number of carbonyl (C=O) groups is 2. The van der Waals surface area contributed by atoms with Crippen LogP contribution >= 0.6 is 11.6 Å². The van der Waals surface area contributed by atoms with E-state index in [9.17, 15) is 9.59 Å². The average Bonchev–Trinajstić information content (AvgIpc) is 2.97. The van der Waals surface area contributed by atoms with Gasteiger partial charge in [0.2, 0.25) is 0 Å². The van der Waals surface area contributed by atoms with E-state index >= 15 is 0 Å². The predicted octanol–water partition coefficient (Wildman–Crippen LogP) is 2.69. The second-order valence-electron chi connectivity index (χ2n) is 5.80. The number of nitrogens with zero attached hydrogens (tertiary/aromatic N) is 1. The van der Waals surface area contributed by atoms with Gasteiger partial charge in [-0.25, -0.2) is 4.79 Å². The van der Waals surface area contributed by atoms with Crippen molar-refractivity contribution in [3.8, 4) is 0 Å². The number of urea groups is 1. The van der Waals surface area contributed by atoms with Crippen molar-refractivity contribution < 1.29 is 9.59 Å². The highest BCUT2D eigenvalue weighted by Crippen LogP contribution is 2.32. The zero-order chi connectivity index (χ0) is 15.2. The molecular formula is C16H17ClN2O2. The molecule has 1 aromatic carbocycles. The molecule has 3 amide bonds. The lowest BCUT2D eigenvalue weighted by atomic mass is 9.90. The van der Waals surface area contributed by atoms with E-state index in [4.69, 9.17) is 11.6 Å². The summed E-state index contributed by atoms with van der Waals surface area (Å²) < 4.78 is 0. The van der Waals surface area contributed by atoms with Crippen LogP contribution in [0, 0.1) is 0 Å². The second kappa shape index (κ2) is 4.88. The van der Waals surface area contributed by atoms with Crippen molar-refractivity contribution in [2.24, 2.45) is 0 Å². The number of rotatable bonds is 3. The molecule has 4 nitrogen and oxygen atoms in total. The zero-order valence-corrected chi connectivity index (χ0v) is 12.7. The summed E-state index contributed by atoms with van der Waals surface area (Å²) in [6, 6.07) is 5.61. The summed E-state index contributed by atoms with van der Waals surface area (Å²) in [4.78, 5) is 25.8. The molecule has 1 unspecified atom stereocenters. The Kier molecular flexibility index (Phi) is 3.29. The van der Waals surface area contributed by atoms with Crippen LogP contribution in [0.15, 0.2) is 29.8 Å². The monoisotopic (exact) mass is 304 g/mol. The van der Waals surface area contributed by atoms with Gasteiger partial charge in [-0.05, 0) is 42.9 Å². The summed E-state index contributed by atoms with van der Waals surface area (Å²) in [5, 5.41) is 3.04. The van der Waals surface area contributed by atoms with Crippen molar-refractivity contribution in [2.45, 2.75) is 31.7 Å². The van der Waals surface area contributed by atoms with E-state index in [0.717, 1.165) is 29.7 Å². The van der Waals surface area contributed by atoms with Gasteiger partial charge < -0.3 is 5.32 Å². The van der Waals surface area contributed by atoms with Gasteiger partial charge in [-0.3, -0.25) is 9.69 Å². The van der Waals surface area contributed by atoms with Gasteiger partial charge in [-0.1, -0.05) is 36.4 Å². The SMILES string of the molecule is C=C(Cl)CN1C(=O)NC(C)(c2ccc3c(c2)CCC3)C1=O. The van der Waals surface area contributed by atoms with E-state index in [-0.39, 0.29) is 17.5 Å². The molecule has 0 saturated carbocycles. The Morgan fingerprint density at radius 2 is 2.10 bits per heavy atom. The molecule has 1 aliphatic heterocycles. The van der Waals surface area contributed by atoms with Gasteiger partial charge in [0.05, 0.1) is 6.54 Å². The van der Waals surface area contributed by atoms with Crippen LogP contribution in [0.4, 0.5) is 4.79 Å². The molecule has 0 spiro atoms. The third-order valence-electron chi connectivity index (χ3n) is 4.28. The smallest absolute Gasteiger partial charge is 0.319 e. The van der Waals surface area contributed by atoms with Crippen LogP contribution in [0.5, 0.6) is 0 Å². The van der Waals surface area contributed by atoms with Gasteiger partial charge in [0.25, 0.3) is 5.91 Å². The lowest BCUT2D eigenvalue weighted by molar-refractivity contribution is -0.130. The molecule has 0 aromatic heterocycles. The fraction of sp³-hybridized carbons (Fsp3) is 0.375. The Hall–Kier alpha value is -1.81. The van der Waals surface area contributed by atoms with Gasteiger partial charge in [0.15, 0.2) is 0 Å². The Balaban J connectivity index is 1.96. The molecule has 1 aliphatic carbocycles. The molecule has 1 saturated heterocycles. The van der Waals surface area contributed by atoms with Crippen LogP contribution in [0.3, 0.4) is 0 Å². The van der Waals surface area contributed by atoms with Crippen LogP contribution in [0.25, 0.3) is 0 Å². The first-order chi connectivity index (χ1) is 9.91. The van der Waals surface area contributed by atoms with Crippen LogP contribution in [0.2, 0.25) is 0 Å². The molecular weight excluding hydrogens is 288 g/mol. The van der Waals surface area contributed by atoms with Crippen molar-refractivity contribution in [1.82, 2.24) is 10.2 Å². The maximum absolute atomic E-state index is 12.6. The van der Waals surface area contributed by atoms with Gasteiger partial charge in [0, 0.05) is 5.03 Å². The minimum Gasteiger partial charge on any atom is -0.319 e. The lowest BCUT2D eigenvalue weighted by Crippen LogP contribution is -2.41. The number of halogens is 1. The zero-order valence-electron chi connectivity index (χ0n) is 11.9. The number of hydrogen-bond donors (Lipinski definition) is 1. The van der Waals surface area contributed by atoms with E-state index < -0.39 is 11.6 Å². The number of aryl methyl sites for hydroxylation is 2. The fourth-order valence-electron chi connectivity index (χ4n) is 3.09. The van der Waals surface area contributed by atoms with Crippen LogP contribution < -0.4 is 5.32 Å². The molecule has 3 rings (SSSR count). The standard InChI is InChI=1S/C16H17ClN2O2/c1-10(17)9-19-14(20)16(2,18-15(19)21)13-7-6-11-4-3-5-12(11)8-13/h6-8H,1,3-5,9H2,2H3,(H,18,21). The van der Waals surface area contributed by atoms with E-state index in [2.05, 4.69) is 18.0 Å². The molecule has 2 aliphatic rings. The summed E-state index contributed by atoms with van der Waals surface area (Å²) in [6.07, 6.45) is 3.27. The number of carbonyl (C=O) groups excluding carboxylic acids is 2. The highest BCUT2D eigenvalue weighted by Gasteiger charge is 2.49. The number of amides is 3. The van der Waals surface area contributed by atoms with Crippen molar-refractivity contribution >= 4 is 23.5 Å². The number of hydrogen-bond acceptors (Lipinski definition) is 2. The Labute approximate surface area is 128 Å². The first-order valence-electron chi connectivity index (χ1n) is 7.01. The summed E-state index contributed by atoms with van der Waals surface area (Å²) in [5.41, 5.74) is 2.41. The molecule has 21 heavy (non-hydrogen) atoms. The van der Waals surface area contributed by atoms with E-state index in [1.165, 1.54) is 11.1 Å². The predicted molar refractivity (Wildman–Crippen MR) is 81.1 cm³/mol. The quantitative estimate of drug-likeness (QED) is 0.873. The third-order valence-corrected chi connectivity index (χ3v) is 4.40. The van der Waals surface area contributed by atoms with Gasteiger partial charge in [0.1, 0.15) is 5.54 Å². The summed E-state index contributed by atoms with van der Waals surface area (Å²) >= 11 is 5.74. The van der Waals surface area contributed by atoms with Crippen molar-refractivity contribution in [3.05, 3.63) is 46.5 Å².